The molecular formula is C12H16ClNO3. The van der Waals surface area contributed by atoms with Crippen LogP contribution >= 0.6 is 11.6 Å². The molecule has 1 unspecified atom stereocenters. The summed E-state index contributed by atoms with van der Waals surface area (Å²) >= 11 is 5.81. The largest absolute Gasteiger partial charge is 0.477 e. The zero-order valence-electron chi connectivity index (χ0n) is 10.0. The third-order valence-electron chi connectivity index (χ3n) is 2.09. The van der Waals surface area contributed by atoms with Crippen molar-refractivity contribution in [2.24, 2.45) is 0 Å². The maximum Gasteiger partial charge on any atom is 0.360 e. The lowest BCUT2D eigenvalue weighted by molar-refractivity contribution is -0.147. The number of carboxylic acid groups (broad SMARTS) is 1. The van der Waals surface area contributed by atoms with E-state index in [-0.39, 0.29) is 6.04 Å². The third-order valence-corrected chi connectivity index (χ3v) is 2.33. The van der Waals surface area contributed by atoms with Gasteiger partial charge in [0, 0.05) is 11.1 Å². The van der Waals surface area contributed by atoms with E-state index in [1.807, 2.05) is 20.8 Å². The van der Waals surface area contributed by atoms with Crippen molar-refractivity contribution >= 4 is 17.6 Å². The fourth-order valence-electron chi connectivity index (χ4n) is 1.33. The molecule has 17 heavy (non-hydrogen) atoms. The molecule has 0 aliphatic rings. The summed E-state index contributed by atoms with van der Waals surface area (Å²) < 4.78 is 5.40. The molecule has 1 aromatic carbocycles. The highest BCUT2D eigenvalue weighted by Gasteiger charge is 2.20. The monoisotopic (exact) mass is 257 g/mol. The second-order valence-electron chi connectivity index (χ2n) is 4.07. The molecule has 0 heterocycles. The van der Waals surface area contributed by atoms with Gasteiger partial charge in [0.05, 0.1) is 0 Å². The fourth-order valence-corrected chi connectivity index (χ4v) is 1.56. The van der Waals surface area contributed by atoms with E-state index in [0.29, 0.717) is 10.8 Å². The van der Waals surface area contributed by atoms with Crippen LogP contribution in [0, 0.1) is 6.92 Å². The van der Waals surface area contributed by atoms with Gasteiger partial charge < -0.3 is 9.84 Å². The number of carbonyl (C=O) groups is 1. The number of ether oxygens (including phenoxy) is 1. The van der Waals surface area contributed by atoms with Gasteiger partial charge in [0.2, 0.25) is 6.23 Å². The summed E-state index contributed by atoms with van der Waals surface area (Å²) in [6, 6.07) is 5.07. The molecule has 0 saturated carbocycles. The van der Waals surface area contributed by atoms with Crippen LogP contribution in [0.1, 0.15) is 19.4 Å². The van der Waals surface area contributed by atoms with Crippen LogP contribution in [0.5, 0.6) is 5.75 Å². The zero-order valence-corrected chi connectivity index (χ0v) is 10.8. The van der Waals surface area contributed by atoms with Gasteiger partial charge >= 0.3 is 5.97 Å². The summed E-state index contributed by atoms with van der Waals surface area (Å²) in [5.41, 5.74) is 0.800. The van der Waals surface area contributed by atoms with Crippen molar-refractivity contribution in [3.8, 4) is 5.75 Å². The number of benzene rings is 1. The van der Waals surface area contributed by atoms with Crippen molar-refractivity contribution in [2.75, 3.05) is 0 Å². The lowest BCUT2D eigenvalue weighted by Crippen LogP contribution is -2.45. The smallest absolute Gasteiger partial charge is 0.360 e. The molecule has 0 saturated heterocycles. The van der Waals surface area contributed by atoms with Crippen molar-refractivity contribution in [1.29, 1.82) is 0 Å². The number of aryl methyl sites for hydroxylation is 1. The van der Waals surface area contributed by atoms with Crippen LogP contribution < -0.4 is 10.1 Å². The van der Waals surface area contributed by atoms with E-state index in [1.165, 1.54) is 0 Å². The average molecular weight is 258 g/mol. The maximum atomic E-state index is 11.0. The number of rotatable bonds is 5. The Labute approximate surface area is 106 Å². The van der Waals surface area contributed by atoms with Crippen LogP contribution in [0.25, 0.3) is 0 Å². The first-order valence-electron chi connectivity index (χ1n) is 5.32. The van der Waals surface area contributed by atoms with Crippen molar-refractivity contribution in [3.05, 3.63) is 28.8 Å². The van der Waals surface area contributed by atoms with Gasteiger partial charge in [-0.05, 0) is 44.5 Å². The van der Waals surface area contributed by atoms with Gasteiger partial charge in [-0.2, -0.15) is 0 Å². The molecule has 0 aliphatic carbocycles. The molecule has 0 aliphatic heterocycles. The lowest BCUT2D eigenvalue weighted by atomic mass is 10.2. The Morgan fingerprint density at radius 1 is 1.47 bits per heavy atom. The molecule has 1 atom stereocenters. The Morgan fingerprint density at radius 3 is 2.59 bits per heavy atom. The Morgan fingerprint density at radius 2 is 2.12 bits per heavy atom. The molecule has 4 nitrogen and oxygen atoms in total. The van der Waals surface area contributed by atoms with Gasteiger partial charge in [0.15, 0.2) is 0 Å². The fraction of sp³-hybridized carbons (Fsp3) is 0.417. The molecule has 2 N–H and O–H groups in total. The summed E-state index contributed by atoms with van der Waals surface area (Å²) in [5, 5.41) is 12.4. The number of carboxylic acids is 1. The van der Waals surface area contributed by atoms with Crippen LogP contribution in [0.3, 0.4) is 0 Å². The van der Waals surface area contributed by atoms with Gasteiger partial charge in [0.25, 0.3) is 0 Å². The van der Waals surface area contributed by atoms with Gasteiger partial charge in [0.1, 0.15) is 5.75 Å². The van der Waals surface area contributed by atoms with Crippen LogP contribution in [-0.4, -0.2) is 23.3 Å². The van der Waals surface area contributed by atoms with Crippen LogP contribution in [0.15, 0.2) is 18.2 Å². The number of aliphatic carboxylic acids is 1. The normalized spacial score (nSPS) is 12.5. The van der Waals surface area contributed by atoms with Gasteiger partial charge in [-0.15, -0.1) is 0 Å². The van der Waals surface area contributed by atoms with E-state index in [4.69, 9.17) is 21.4 Å². The van der Waals surface area contributed by atoms with Crippen molar-refractivity contribution in [3.63, 3.8) is 0 Å². The van der Waals surface area contributed by atoms with E-state index in [1.54, 1.807) is 18.2 Å². The number of hydrogen-bond acceptors (Lipinski definition) is 3. The molecule has 1 aromatic rings. The van der Waals surface area contributed by atoms with Crippen LogP contribution in [-0.2, 0) is 4.79 Å². The summed E-state index contributed by atoms with van der Waals surface area (Å²) in [6.07, 6.45) is -1.06. The van der Waals surface area contributed by atoms with Gasteiger partial charge in [-0.25, -0.2) is 4.79 Å². The highest BCUT2D eigenvalue weighted by molar-refractivity contribution is 6.30. The summed E-state index contributed by atoms with van der Waals surface area (Å²) in [4.78, 5) is 11.0. The molecular weight excluding hydrogens is 242 g/mol. The summed E-state index contributed by atoms with van der Waals surface area (Å²) in [6.45, 7) is 5.53. The molecule has 0 fully saturated rings. The molecule has 0 spiro atoms. The third kappa shape index (κ3) is 4.24. The Balaban J connectivity index is 2.82. The standard InChI is InChI=1S/C12H16ClNO3/c1-7(2)14-11(12(15)16)17-10-5-4-9(13)6-8(10)3/h4-7,11,14H,1-3H3,(H,15,16). The Hall–Kier alpha value is -1.26. The second-order valence-corrected chi connectivity index (χ2v) is 4.50. The molecule has 0 aromatic heterocycles. The first-order valence-corrected chi connectivity index (χ1v) is 5.69. The maximum absolute atomic E-state index is 11.0. The van der Waals surface area contributed by atoms with E-state index < -0.39 is 12.2 Å². The highest BCUT2D eigenvalue weighted by Crippen LogP contribution is 2.22. The molecule has 0 amide bonds. The Kier molecular flexibility index (Phi) is 4.78. The molecule has 5 heteroatoms. The second kappa shape index (κ2) is 5.89. The quantitative estimate of drug-likeness (QED) is 0.796. The first kappa shape index (κ1) is 13.8. The molecule has 0 bridgehead atoms. The van der Waals surface area contributed by atoms with Crippen LogP contribution in [0.2, 0.25) is 5.02 Å². The minimum Gasteiger partial charge on any atom is -0.477 e. The lowest BCUT2D eigenvalue weighted by Gasteiger charge is -2.19. The number of halogens is 1. The predicted octanol–water partition coefficient (Wildman–Crippen LogP) is 2.44. The van der Waals surface area contributed by atoms with E-state index in [0.717, 1.165) is 5.56 Å². The average Bonchev–Trinajstić information content (AvgIpc) is 2.19. The van der Waals surface area contributed by atoms with Crippen molar-refractivity contribution in [2.45, 2.75) is 33.0 Å². The Bertz CT molecular complexity index is 407. The van der Waals surface area contributed by atoms with Gasteiger partial charge in [-0.1, -0.05) is 11.6 Å². The minimum absolute atomic E-state index is 0.0173. The predicted molar refractivity (Wildman–Crippen MR) is 66.5 cm³/mol. The molecule has 1 rings (SSSR count). The number of hydrogen-bond donors (Lipinski definition) is 2. The van der Waals surface area contributed by atoms with E-state index >= 15 is 0 Å². The highest BCUT2D eigenvalue weighted by atomic mass is 35.5. The first-order chi connectivity index (χ1) is 7.90. The van der Waals surface area contributed by atoms with Crippen LogP contribution in [0.4, 0.5) is 0 Å². The molecule has 94 valence electrons. The minimum atomic E-state index is -1.06. The topological polar surface area (TPSA) is 58.6 Å². The summed E-state index contributed by atoms with van der Waals surface area (Å²) in [7, 11) is 0. The van der Waals surface area contributed by atoms with E-state index in [2.05, 4.69) is 5.32 Å². The number of nitrogens with one attached hydrogen (secondary N) is 1. The van der Waals surface area contributed by atoms with E-state index in [9.17, 15) is 4.79 Å². The zero-order chi connectivity index (χ0) is 13.0. The van der Waals surface area contributed by atoms with Crippen molar-refractivity contribution in [1.82, 2.24) is 5.32 Å². The van der Waals surface area contributed by atoms with Crippen molar-refractivity contribution < 1.29 is 14.6 Å². The van der Waals surface area contributed by atoms with Gasteiger partial charge in [-0.3, -0.25) is 5.32 Å². The summed E-state index contributed by atoms with van der Waals surface area (Å²) in [5.74, 6) is -0.539. The molecule has 0 radical (unpaired) electrons. The SMILES string of the molecule is Cc1cc(Cl)ccc1OC(NC(C)C)C(=O)O.